The van der Waals surface area contributed by atoms with E-state index in [0.29, 0.717) is 0 Å². The van der Waals surface area contributed by atoms with Crippen LogP contribution in [-0.2, 0) is 11.3 Å². The highest BCUT2D eigenvalue weighted by Gasteiger charge is 2.12. The van der Waals surface area contributed by atoms with Gasteiger partial charge < -0.3 is 36.5 Å². The second-order valence-corrected chi connectivity index (χ2v) is 4.41. The van der Waals surface area contributed by atoms with Crippen LogP contribution in [0.4, 0.5) is 0 Å². The zero-order valence-electron chi connectivity index (χ0n) is 10.5. The van der Waals surface area contributed by atoms with Crippen LogP contribution in [0, 0.1) is 0 Å². The highest BCUT2D eigenvalue weighted by molar-refractivity contribution is 5.60. The predicted octanol–water partition coefficient (Wildman–Crippen LogP) is -3.25. The molecule has 0 spiro atoms. The van der Waals surface area contributed by atoms with Crippen LogP contribution >= 0.6 is 0 Å². The highest BCUT2D eigenvalue weighted by Crippen LogP contribution is 2.15. The summed E-state index contributed by atoms with van der Waals surface area (Å²) in [6.07, 6.45) is 1.70. The molecular formula is C11H18BrN2O3-. The number of pyridine rings is 1. The molecule has 6 heteroatoms. The quantitative estimate of drug-likeness (QED) is 0.583. The number of quaternary nitrogens is 1. The fourth-order valence-corrected chi connectivity index (χ4v) is 1.00. The lowest BCUT2D eigenvalue weighted by atomic mass is 10.3. The third-order valence-electron chi connectivity index (χ3n) is 1.49. The average molecular weight is 306 g/mol. The number of hydrogen-bond acceptors (Lipinski definition) is 4. The van der Waals surface area contributed by atoms with Crippen molar-refractivity contribution < 1.29 is 36.5 Å². The summed E-state index contributed by atoms with van der Waals surface area (Å²) in [5.74, 6) is -0.800. The summed E-state index contributed by atoms with van der Waals surface area (Å²) in [5, 5.41) is 18.3. The second kappa shape index (κ2) is 8.03. The molecule has 0 aliphatic rings. The van der Waals surface area contributed by atoms with Crippen molar-refractivity contribution in [3.63, 3.8) is 0 Å². The summed E-state index contributed by atoms with van der Waals surface area (Å²) < 4.78 is 0.768. The molecule has 0 aliphatic heterocycles. The van der Waals surface area contributed by atoms with Gasteiger partial charge in [-0.2, -0.15) is 0 Å². The summed E-state index contributed by atoms with van der Waals surface area (Å²) in [5.41, 5.74) is 0.755. The van der Waals surface area contributed by atoms with Crippen molar-refractivity contribution in [2.24, 2.45) is 0 Å². The molecule has 0 saturated heterocycles. The fraction of sp³-hybridized carbons (Fsp3) is 0.455. The maximum atomic E-state index is 9.40. The van der Waals surface area contributed by atoms with Gasteiger partial charge >= 0.3 is 0 Å². The molecule has 1 aromatic rings. The van der Waals surface area contributed by atoms with Crippen LogP contribution in [0.1, 0.15) is 12.6 Å². The highest BCUT2D eigenvalue weighted by atomic mass is 79.9. The van der Waals surface area contributed by atoms with Gasteiger partial charge in [0.25, 0.3) is 0 Å². The number of carboxylic acid groups (broad SMARTS) is 1. The monoisotopic (exact) mass is 305 g/mol. The molecule has 5 nitrogen and oxygen atoms in total. The number of halogens is 1. The fourth-order valence-electron chi connectivity index (χ4n) is 1.00. The molecule has 1 aromatic heterocycles. The summed E-state index contributed by atoms with van der Waals surface area (Å²) in [6, 6.07) is 3.40. The smallest absolute Gasteiger partial charge is 0.142 e. The molecule has 0 fully saturated rings. The molecule has 0 atom stereocenters. The number of aromatic hydroxyl groups is 1. The zero-order chi connectivity index (χ0) is 12.8. The number of rotatable bonds is 2. The van der Waals surface area contributed by atoms with Gasteiger partial charge in [0.1, 0.15) is 18.0 Å². The lowest BCUT2D eigenvalue weighted by Gasteiger charge is -2.23. The molecule has 0 unspecified atom stereocenters. The molecule has 0 aromatic carbocycles. The number of carbonyl (C=O) groups is 1. The zero-order valence-corrected chi connectivity index (χ0v) is 12.1. The Morgan fingerprint density at radius 3 is 2.29 bits per heavy atom. The predicted molar refractivity (Wildman–Crippen MR) is 58.3 cm³/mol. The SMILES string of the molecule is CC(=O)[O-].C[N+](C)(C)Cc1ncccc1O.[Br-]. The summed E-state index contributed by atoms with van der Waals surface area (Å²) >= 11 is 0. The molecule has 0 saturated carbocycles. The molecule has 98 valence electrons. The number of carbonyl (C=O) groups excluding carboxylic acids is 1. The molecule has 0 radical (unpaired) electrons. The minimum Gasteiger partial charge on any atom is -1.00 e. The van der Waals surface area contributed by atoms with E-state index < -0.39 is 5.97 Å². The second-order valence-electron chi connectivity index (χ2n) is 4.41. The third-order valence-corrected chi connectivity index (χ3v) is 1.49. The van der Waals surface area contributed by atoms with E-state index in [4.69, 9.17) is 9.90 Å². The Labute approximate surface area is 112 Å². The van der Waals surface area contributed by atoms with Crippen LogP contribution in [-0.4, -0.2) is 41.7 Å². The first-order chi connectivity index (χ1) is 7.22. The molecule has 0 aliphatic carbocycles. The van der Waals surface area contributed by atoms with Crippen molar-refractivity contribution >= 4 is 5.97 Å². The Balaban J connectivity index is 0. The van der Waals surface area contributed by atoms with Crippen molar-refractivity contribution in [2.45, 2.75) is 13.5 Å². The summed E-state index contributed by atoms with van der Waals surface area (Å²) in [6.45, 7) is 1.71. The maximum absolute atomic E-state index is 9.40. The van der Waals surface area contributed by atoms with Gasteiger partial charge in [-0.25, -0.2) is 0 Å². The van der Waals surface area contributed by atoms with Gasteiger partial charge in [-0.05, 0) is 19.1 Å². The molecule has 0 amide bonds. The normalized spacial score (nSPS) is 9.65. The van der Waals surface area contributed by atoms with E-state index in [0.717, 1.165) is 23.6 Å². The Morgan fingerprint density at radius 1 is 1.47 bits per heavy atom. The van der Waals surface area contributed by atoms with Crippen molar-refractivity contribution in [2.75, 3.05) is 21.1 Å². The van der Waals surface area contributed by atoms with Gasteiger partial charge in [-0.3, -0.25) is 4.98 Å². The van der Waals surface area contributed by atoms with E-state index in [1.807, 2.05) is 0 Å². The number of aliphatic carboxylic acids is 1. The van der Waals surface area contributed by atoms with Crippen LogP contribution in [0.2, 0.25) is 0 Å². The van der Waals surface area contributed by atoms with Gasteiger partial charge in [0.05, 0.1) is 21.1 Å². The Kier molecular flexibility index (Phi) is 8.61. The van der Waals surface area contributed by atoms with Crippen LogP contribution in [0.5, 0.6) is 5.75 Å². The van der Waals surface area contributed by atoms with E-state index in [1.54, 1.807) is 18.3 Å². The molecule has 1 rings (SSSR count). The van der Waals surface area contributed by atoms with Gasteiger partial charge in [0.15, 0.2) is 0 Å². The van der Waals surface area contributed by atoms with E-state index >= 15 is 0 Å². The van der Waals surface area contributed by atoms with Gasteiger partial charge in [-0.1, -0.05) is 0 Å². The van der Waals surface area contributed by atoms with Crippen molar-refractivity contribution in [1.82, 2.24) is 4.98 Å². The standard InChI is InChI=1S/C9H14N2O.C2H4O2.BrH/c1-11(2,3)7-8-9(12)5-4-6-10-8;1-2(3)4;/h4-6H,7H2,1-3H3;1H3,(H,3,4);1H/p-1. The molecule has 1 N–H and O–H groups in total. The number of aromatic nitrogens is 1. The van der Waals surface area contributed by atoms with Crippen LogP contribution in [0.3, 0.4) is 0 Å². The van der Waals surface area contributed by atoms with E-state index in [9.17, 15) is 5.11 Å². The van der Waals surface area contributed by atoms with Crippen LogP contribution in [0.15, 0.2) is 18.3 Å². The molecule has 0 bridgehead atoms. The van der Waals surface area contributed by atoms with Gasteiger partial charge in [0.2, 0.25) is 0 Å². The van der Waals surface area contributed by atoms with Gasteiger partial charge in [0, 0.05) is 12.2 Å². The van der Waals surface area contributed by atoms with Crippen molar-refractivity contribution in [1.29, 1.82) is 0 Å². The van der Waals surface area contributed by atoms with E-state index in [2.05, 4.69) is 26.1 Å². The lowest BCUT2D eigenvalue weighted by molar-refractivity contribution is -0.884. The summed E-state index contributed by atoms with van der Waals surface area (Å²) in [4.78, 5) is 13.0. The molecule has 17 heavy (non-hydrogen) atoms. The minimum atomic E-state index is -1.08. The first kappa shape index (κ1) is 18.2. The van der Waals surface area contributed by atoms with Crippen molar-refractivity contribution in [3.05, 3.63) is 24.0 Å². The summed E-state index contributed by atoms with van der Waals surface area (Å²) in [7, 11) is 6.19. The number of hydrogen-bond donors (Lipinski definition) is 1. The Morgan fingerprint density at radius 2 is 1.94 bits per heavy atom. The third kappa shape index (κ3) is 11.1. The van der Waals surface area contributed by atoms with Crippen molar-refractivity contribution in [3.8, 4) is 5.75 Å². The Hall–Kier alpha value is -1.14. The number of carboxylic acids is 1. The first-order valence-electron chi connectivity index (χ1n) is 4.83. The topological polar surface area (TPSA) is 73.2 Å². The van der Waals surface area contributed by atoms with Crippen LogP contribution in [0.25, 0.3) is 0 Å². The van der Waals surface area contributed by atoms with Crippen LogP contribution < -0.4 is 22.1 Å². The van der Waals surface area contributed by atoms with Gasteiger partial charge in [-0.15, -0.1) is 0 Å². The Bertz CT molecular complexity index is 347. The lowest BCUT2D eigenvalue weighted by Crippen LogP contribution is -3.00. The average Bonchev–Trinajstić information content (AvgIpc) is 2.05. The number of nitrogens with zero attached hydrogens (tertiary/aromatic N) is 2. The largest absolute Gasteiger partial charge is 1.00 e. The minimum absolute atomic E-state index is 0. The van der Waals surface area contributed by atoms with E-state index in [-0.39, 0.29) is 22.7 Å². The first-order valence-corrected chi connectivity index (χ1v) is 4.83. The molecule has 1 heterocycles. The maximum Gasteiger partial charge on any atom is 0.142 e. The van der Waals surface area contributed by atoms with E-state index in [1.165, 1.54) is 0 Å². The molecular weight excluding hydrogens is 288 g/mol.